The highest BCUT2D eigenvalue weighted by molar-refractivity contribution is 7.89. The predicted molar refractivity (Wildman–Crippen MR) is 96.6 cm³/mol. The first-order valence-electron chi connectivity index (χ1n) is 8.05. The largest absolute Gasteiger partial charge is 0.416 e. The van der Waals surface area contributed by atoms with Gasteiger partial charge in [-0.2, -0.15) is 0 Å². The number of hydrogen-bond acceptors (Lipinski definition) is 6. The van der Waals surface area contributed by atoms with Crippen LogP contribution in [0.25, 0.3) is 22.9 Å². The zero-order valence-electron chi connectivity index (χ0n) is 14.7. The van der Waals surface area contributed by atoms with E-state index < -0.39 is 32.9 Å². The topological polar surface area (TPSA) is 105 Å². The van der Waals surface area contributed by atoms with E-state index in [2.05, 4.69) is 14.9 Å². The Morgan fingerprint density at radius 3 is 2.33 bits per heavy atom. The zero-order valence-corrected chi connectivity index (χ0v) is 15.5. The molecule has 142 valence electrons. The third-order valence-corrected chi connectivity index (χ3v) is 5.43. The molecular weight excluding hydrogens is 373 g/mol. The predicted octanol–water partition coefficient (Wildman–Crippen LogP) is 2.59. The minimum Gasteiger partial charge on any atom is -0.416 e. The monoisotopic (exact) mass is 391 g/mol. The summed E-state index contributed by atoms with van der Waals surface area (Å²) in [7, 11) is -4.21. The van der Waals surface area contributed by atoms with Crippen molar-refractivity contribution < 1.29 is 22.3 Å². The van der Waals surface area contributed by atoms with Crippen LogP contribution < -0.4 is 4.72 Å². The van der Waals surface area contributed by atoms with E-state index in [0.29, 0.717) is 5.56 Å². The number of sulfonamides is 1. The second-order valence-corrected chi connectivity index (χ2v) is 8.22. The van der Waals surface area contributed by atoms with Crippen LogP contribution in [0.15, 0.2) is 57.8 Å². The van der Waals surface area contributed by atoms with Crippen molar-refractivity contribution in [2.75, 3.05) is 6.61 Å². The van der Waals surface area contributed by atoms with Gasteiger partial charge in [0.15, 0.2) is 0 Å². The quantitative estimate of drug-likeness (QED) is 0.669. The molecule has 0 amide bonds. The Kier molecular flexibility index (Phi) is 5.09. The minimum atomic E-state index is -4.21. The molecule has 2 aromatic carbocycles. The zero-order chi connectivity index (χ0) is 19.7. The fourth-order valence-electron chi connectivity index (χ4n) is 2.33. The van der Waals surface area contributed by atoms with Gasteiger partial charge < -0.3 is 9.52 Å². The molecule has 3 aromatic rings. The van der Waals surface area contributed by atoms with Crippen molar-refractivity contribution in [3.8, 4) is 22.9 Å². The number of aromatic nitrogens is 2. The summed E-state index contributed by atoms with van der Waals surface area (Å²) >= 11 is 0. The number of halogens is 1. The molecule has 0 radical (unpaired) electrons. The average Bonchev–Trinajstić information content (AvgIpc) is 3.12. The first kappa shape index (κ1) is 19.2. The van der Waals surface area contributed by atoms with Gasteiger partial charge in [-0.25, -0.2) is 17.5 Å². The summed E-state index contributed by atoms with van der Waals surface area (Å²) in [6, 6.07) is 12.5. The smallest absolute Gasteiger partial charge is 0.248 e. The van der Waals surface area contributed by atoms with Crippen LogP contribution in [-0.2, 0) is 10.0 Å². The molecule has 0 spiro atoms. The molecule has 9 heteroatoms. The van der Waals surface area contributed by atoms with Crippen LogP contribution in [-0.4, -0.2) is 35.9 Å². The standard InChI is InChI=1S/C18H18FN3O4S/c1-18(2,11-23)22-27(24,25)15-10-13(8-9-14(15)19)17-21-20-16(26-17)12-6-4-3-5-7-12/h3-10,22-23H,11H2,1-2H3. The van der Waals surface area contributed by atoms with E-state index in [0.717, 1.165) is 12.1 Å². The lowest BCUT2D eigenvalue weighted by Gasteiger charge is -2.23. The Bertz CT molecular complexity index is 1050. The lowest BCUT2D eigenvalue weighted by molar-refractivity contribution is 0.208. The molecule has 7 nitrogen and oxygen atoms in total. The number of benzene rings is 2. The lowest BCUT2D eigenvalue weighted by atomic mass is 10.1. The molecule has 1 aromatic heterocycles. The number of rotatable bonds is 6. The molecule has 0 atom stereocenters. The fourth-order valence-corrected chi connectivity index (χ4v) is 3.84. The number of nitrogens with zero attached hydrogens (tertiary/aromatic N) is 2. The molecule has 0 unspecified atom stereocenters. The highest BCUT2D eigenvalue weighted by Gasteiger charge is 2.28. The van der Waals surface area contributed by atoms with Crippen molar-refractivity contribution in [1.82, 2.24) is 14.9 Å². The van der Waals surface area contributed by atoms with Gasteiger partial charge in [0, 0.05) is 11.1 Å². The summed E-state index contributed by atoms with van der Waals surface area (Å²) in [4.78, 5) is -0.569. The van der Waals surface area contributed by atoms with Gasteiger partial charge in [0.1, 0.15) is 10.7 Å². The van der Waals surface area contributed by atoms with Crippen molar-refractivity contribution in [1.29, 1.82) is 0 Å². The molecule has 0 saturated heterocycles. The summed E-state index contributed by atoms with van der Waals surface area (Å²) in [6.45, 7) is 2.52. The Hall–Kier alpha value is -2.62. The van der Waals surface area contributed by atoms with Crippen LogP contribution in [0.1, 0.15) is 13.8 Å². The number of hydrogen-bond donors (Lipinski definition) is 2. The summed E-state index contributed by atoms with van der Waals surface area (Å²) < 4.78 is 47.0. The Labute approximate surface area is 155 Å². The van der Waals surface area contributed by atoms with E-state index in [1.54, 1.807) is 12.1 Å². The minimum absolute atomic E-state index is 0.0618. The van der Waals surface area contributed by atoms with Crippen LogP contribution in [0.2, 0.25) is 0 Å². The van der Waals surface area contributed by atoms with Crippen molar-refractivity contribution in [2.24, 2.45) is 0 Å². The van der Waals surface area contributed by atoms with Crippen LogP contribution in [0, 0.1) is 5.82 Å². The maximum atomic E-state index is 14.2. The molecule has 0 fully saturated rings. The van der Waals surface area contributed by atoms with E-state index in [4.69, 9.17) is 4.42 Å². The van der Waals surface area contributed by atoms with Gasteiger partial charge in [-0.05, 0) is 44.2 Å². The normalized spacial score (nSPS) is 12.3. The van der Waals surface area contributed by atoms with Crippen molar-refractivity contribution in [3.05, 3.63) is 54.3 Å². The molecule has 0 aliphatic rings. The molecular formula is C18H18FN3O4S. The van der Waals surface area contributed by atoms with Gasteiger partial charge in [0.05, 0.1) is 12.1 Å². The summed E-state index contributed by atoms with van der Waals surface area (Å²) in [6.07, 6.45) is 0. The van der Waals surface area contributed by atoms with Gasteiger partial charge >= 0.3 is 0 Å². The highest BCUT2D eigenvalue weighted by atomic mass is 32.2. The van der Waals surface area contributed by atoms with E-state index >= 15 is 0 Å². The molecule has 27 heavy (non-hydrogen) atoms. The van der Waals surface area contributed by atoms with Crippen molar-refractivity contribution in [2.45, 2.75) is 24.3 Å². The Morgan fingerprint density at radius 1 is 1.07 bits per heavy atom. The first-order chi connectivity index (χ1) is 12.7. The molecule has 0 saturated carbocycles. The fraction of sp³-hybridized carbons (Fsp3) is 0.222. The highest BCUT2D eigenvalue weighted by Crippen LogP contribution is 2.27. The Balaban J connectivity index is 1.98. The van der Waals surface area contributed by atoms with Crippen LogP contribution in [0.3, 0.4) is 0 Å². The number of aliphatic hydroxyl groups is 1. The molecule has 0 aliphatic heterocycles. The number of nitrogens with one attached hydrogen (secondary N) is 1. The summed E-state index contributed by atoms with van der Waals surface area (Å²) in [5.74, 6) is -0.603. The van der Waals surface area contributed by atoms with E-state index in [1.165, 1.54) is 19.9 Å². The van der Waals surface area contributed by atoms with Gasteiger partial charge in [-0.15, -0.1) is 10.2 Å². The average molecular weight is 391 g/mol. The second kappa shape index (κ2) is 7.18. The number of aliphatic hydroxyl groups excluding tert-OH is 1. The second-order valence-electron chi connectivity index (χ2n) is 6.57. The lowest BCUT2D eigenvalue weighted by Crippen LogP contribution is -2.46. The van der Waals surface area contributed by atoms with Crippen molar-refractivity contribution in [3.63, 3.8) is 0 Å². The SMILES string of the molecule is CC(C)(CO)NS(=O)(=O)c1cc(-c2nnc(-c3ccccc3)o2)ccc1F. The van der Waals surface area contributed by atoms with Crippen LogP contribution >= 0.6 is 0 Å². The Morgan fingerprint density at radius 2 is 1.70 bits per heavy atom. The van der Waals surface area contributed by atoms with E-state index in [9.17, 15) is 17.9 Å². The summed E-state index contributed by atoms with van der Waals surface area (Å²) in [5.41, 5.74) is -0.183. The van der Waals surface area contributed by atoms with E-state index in [1.807, 2.05) is 18.2 Å². The summed E-state index contributed by atoms with van der Waals surface area (Å²) in [5, 5.41) is 17.1. The van der Waals surface area contributed by atoms with Gasteiger partial charge in [-0.1, -0.05) is 18.2 Å². The van der Waals surface area contributed by atoms with Crippen LogP contribution in [0.5, 0.6) is 0 Å². The molecule has 0 bridgehead atoms. The third kappa shape index (κ3) is 4.21. The first-order valence-corrected chi connectivity index (χ1v) is 9.54. The third-order valence-electron chi connectivity index (χ3n) is 3.72. The molecule has 3 rings (SSSR count). The van der Waals surface area contributed by atoms with Gasteiger partial charge in [-0.3, -0.25) is 0 Å². The maximum Gasteiger partial charge on any atom is 0.248 e. The van der Waals surface area contributed by atoms with Gasteiger partial charge in [0.25, 0.3) is 0 Å². The molecule has 2 N–H and O–H groups in total. The van der Waals surface area contributed by atoms with Crippen molar-refractivity contribution >= 4 is 10.0 Å². The van der Waals surface area contributed by atoms with E-state index in [-0.39, 0.29) is 17.3 Å². The molecule has 0 aliphatic carbocycles. The van der Waals surface area contributed by atoms with Crippen LogP contribution in [0.4, 0.5) is 4.39 Å². The molecule has 1 heterocycles. The maximum absolute atomic E-state index is 14.2. The van der Waals surface area contributed by atoms with Gasteiger partial charge in [0.2, 0.25) is 21.8 Å².